The van der Waals surface area contributed by atoms with Gasteiger partial charge in [-0.2, -0.15) is 0 Å². The molecule has 1 saturated heterocycles. The van der Waals surface area contributed by atoms with Gasteiger partial charge in [-0.05, 0) is 36.4 Å². The summed E-state index contributed by atoms with van der Waals surface area (Å²) in [6, 6.07) is 11.4. The molecule has 1 aliphatic rings. The first kappa shape index (κ1) is 20.5. The summed E-state index contributed by atoms with van der Waals surface area (Å²) in [6.45, 7) is -0.347. The second kappa shape index (κ2) is 8.82. The van der Waals surface area contributed by atoms with Crippen molar-refractivity contribution < 1.29 is 19.1 Å². The molecule has 1 atom stereocenters. The van der Waals surface area contributed by atoms with Crippen LogP contribution in [0.15, 0.2) is 42.5 Å². The number of carbonyl (C=O) groups is 3. The van der Waals surface area contributed by atoms with Crippen LogP contribution in [0.2, 0.25) is 15.1 Å². The van der Waals surface area contributed by atoms with Gasteiger partial charge in [-0.1, -0.05) is 40.9 Å². The molecule has 2 aromatic carbocycles. The van der Waals surface area contributed by atoms with E-state index < -0.39 is 24.4 Å². The minimum absolute atomic E-state index is 0.0273. The smallest absolute Gasteiger partial charge is 0.311 e. The number of nitrogens with zero attached hydrogens (tertiary/aromatic N) is 1. The fraction of sp³-hybridized carbons (Fsp3) is 0.211. The molecule has 146 valence electrons. The molecule has 1 N–H and O–H groups in total. The summed E-state index contributed by atoms with van der Waals surface area (Å²) in [5, 5.41) is 3.69. The predicted molar refractivity (Wildman–Crippen MR) is 108 cm³/mol. The van der Waals surface area contributed by atoms with Crippen molar-refractivity contribution in [1.29, 1.82) is 0 Å². The Labute approximate surface area is 176 Å². The summed E-state index contributed by atoms with van der Waals surface area (Å²) in [7, 11) is 0. The van der Waals surface area contributed by atoms with Crippen molar-refractivity contribution in [2.24, 2.45) is 5.92 Å². The van der Waals surface area contributed by atoms with E-state index in [1.807, 2.05) is 0 Å². The molecule has 3 rings (SSSR count). The zero-order valence-corrected chi connectivity index (χ0v) is 16.7. The van der Waals surface area contributed by atoms with E-state index in [4.69, 9.17) is 39.5 Å². The normalized spacial score (nSPS) is 16.2. The number of halogens is 3. The number of benzene rings is 2. The van der Waals surface area contributed by atoms with Crippen LogP contribution in [0.4, 0.5) is 11.4 Å². The highest BCUT2D eigenvalue weighted by Crippen LogP contribution is 2.35. The molecule has 0 aliphatic carbocycles. The maximum absolute atomic E-state index is 12.3. The van der Waals surface area contributed by atoms with Crippen molar-refractivity contribution in [2.75, 3.05) is 23.4 Å². The summed E-state index contributed by atoms with van der Waals surface area (Å²) in [4.78, 5) is 37.9. The lowest BCUT2D eigenvalue weighted by Crippen LogP contribution is -2.28. The quantitative estimate of drug-likeness (QED) is 0.706. The van der Waals surface area contributed by atoms with Gasteiger partial charge in [0.2, 0.25) is 5.91 Å². The standard InChI is InChI=1S/C19H15Cl3N2O4/c20-12-4-6-13(7-5-12)23-16(25)10-28-19(27)11-8-17(26)24(9-11)15-3-1-2-14(21)18(15)22/h1-7,11H,8-10H2,(H,23,25)/t11-/m0/s1. The fourth-order valence-electron chi connectivity index (χ4n) is 2.78. The fourth-order valence-corrected chi connectivity index (χ4v) is 3.31. The molecule has 1 heterocycles. The molecule has 0 saturated carbocycles. The summed E-state index contributed by atoms with van der Waals surface area (Å²) in [5.41, 5.74) is 0.971. The van der Waals surface area contributed by atoms with Crippen LogP contribution in [0.3, 0.4) is 0 Å². The minimum atomic E-state index is -0.689. The van der Waals surface area contributed by atoms with Crippen LogP contribution in [-0.4, -0.2) is 30.9 Å². The second-order valence-electron chi connectivity index (χ2n) is 6.14. The third-order valence-electron chi connectivity index (χ3n) is 4.15. The predicted octanol–water partition coefficient (Wildman–Crippen LogP) is 4.18. The molecule has 6 nitrogen and oxygen atoms in total. The van der Waals surface area contributed by atoms with Gasteiger partial charge in [0.05, 0.1) is 21.7 Å². The molecule has 0 unspecified atom stereocenters. The van der Waals surface area contributed by atoms with Crippen LogP contribution in [0.1, 0.15) is 6.42 Å². The molecule has 1 fully saturated rings. The lowest BCUT2D eigenvalue weighted by molar-refractivity contribution is -0.151. The SMILES string of the molecule is O=C(COC(=O)[C@H]1CC(=O)N(c2cccc(Cl)c2Cl)C1)Nc1ccc(Cl)cc1. The highest BCUT2D eigenvalue weighted by molar-refractivity contribution is 6.44. The highest BCUT2D eigenvalue weighted by Gasteiger charge is 2.37. The maximum atomic E-state index is 12.3. The molecule has 1 aliphatic heterocycles. The molecule has 2 amide bonds. The van der Waals surface area contributed by atoms with Crippen molar-refractivity contribution >= 4 is 64.0 Å². The average Bonchev–Trinajstić information content (AvgIpc) is 3.05. The number of hydrogen-bond donors (Lipinski definition) is 1. The van der Waals surface area contributed by atoms with Crippen LogP contribution >= 0.6 is 34.8 Å². The topological polar surface area (TPSA) is 75.7 Å². The van der Waals surface area contributed by atoms with Crippen molar-refractivity contribution in [2.45, 2.75) is 6.42 Å². The van der Waals surface area contributed by atoms with Crippen LogP contribution in [0.5, 0.6) is 0 Å². The first-order valence-electron chi connectivity index (χ1n) is 8.31. The highest BCUT2D eigenvalue weighted by atomic mass is 35.5. The Balaban J connectivity index is 1.55. The number of nitrogens with one attached hydrogen (secondary N) is 1. The molecule has 9 heteroatoms. The Morgan fingerprint density at radius 1 is 1.11 bits per heavy atom. The van der Waals surface area contributed by atoms with Gasteiger partial charge < -0.3 is 15.0 Å². The number of carbonyl (C=O) groups excluding carboxylic acids is 3. The molecule has 0 aromatic heterocycles. The molecular formula is C19H15Cl3N2O4. The van der Waals surface area contributed by atoms with Gasteiger partial charge in [0.15, 0.2) is 6.61 Å². The summed E-state index contributed by atoms with van der Waals surface area (Å²) < 4.78 is 5.06. The van der Waals surface area contributed by atoms with Gasteiger partial charge in [-0.25, -0.2) is 0 Å². The molecule has 0 spiro atoms. The molecule has 2 aromatic rings. The van der Waals surface area contributed by atoms with E-state index in [0.717, 1.165) is 0 Å². The summed E-state index contributed by atoms with van der Waals surface area (Å²) in [5.74, 6) is -2.07. The monoisotopic (exact) mass is 440 g/mol. The number of anilines is 2. The van der Waals surface area contributed by atoms with E-state index in [1.165, 1.54) is 4.90 Å². The van der Waals surface area contributed by atoms with Crippen molar-refractivity contribution in [1.82, 2.24) is 0 Å². The second-order valence-corrected chi connectivity index (χ2v) is 7.36. The van der Waals surface area contributed by atoms with Crippen LogP contribution in [-0.2, 0) is 19.1 Å². The largest absolute Gasteiger partial charge is 0.455 e. The zero-order valence-electron chi connectivity index (χ0n) is 14.5. The lowest BCUT2D eigenvalue weighted by atomic mass is 10.1. The van der Waals surface area contributed by atoms with E-state index in [1.54, 1.807) is 42.5 Å². The number of esters is 1. The maximum Gasteiger partial charge on any atom is 0.311 e. The van der Waals surface area contributed by atoms with Gasteiger partial charge >= 0.3 is 5.97 Å². The Hall–Kier alpha value is -2.28. The third-order valence-corrected chi connectivity index (χ3v) is 5.21. The molecular weight excluding hydrogens is 427 g/mol. The zero-order chi connectivity index (χ0) is 20.3. The van der Waals surface area contributed by atoms with Crippen molar-refractivity contribution in [3.8, 4) is 0 Å². The van der Waals surface area contributed by atoms with Gasteiger partial charge in [-0.3, -0.25) is 14.4 Å². The molecule has 0 bridgehead atoms. The van der Waals surface area contributed by atoms with Crippen molar-refractivity contribution in [3.05, 3.63) is 57.5 Å². The van der Waals surface area contributed by atoms with Gasteiger partial charge in [0.25, 0.3) is 5.91 Å². The average molecular weight is 442 g/mol. The van der Waals surface area contributed by atoms with Gasteiger partial charge in [0.1, 0.15) is 0 Å². The number of rotatable bonds is 5. The third kappa shape index (κ3) is 4.76. The molecule has 0 radical (unpaired) electrons. The Morgan fingerprint density at radius 3 is 2.54 bits per heavy atom. The van der Waals surface area contributed by atoms with E-state index in [2.05, 4.69) is 5.32 Å². The number of ether oxygens (including phenoxy) is 1. The van der Waals surface area contributed by atoms with E-state index in [9.17, 15) is 14.4 Å². The van der Waals surface area contributed by atoms with Crippen LogP contribution < -0.4 is 10.2 Å². The Morgan fingerprint density at radius 2 is 1.82 bits per heavy atom. The van der Waals surface area contributed by atoms with E-state index in [0.29, 0.717) is 21.4 Å². The van der Waals surface area contributed by atoms with Crippen LogP contribution in [0.25, 0.3) is 0 Å². The van der Waals surface area contributed by atoms with Gasteiger partial charge in [0, 0.05) is 23.7 Å². The first-order valence-corrected chi connectivity index (χ1v) is 9.45. The lowest BCUT2D eigenvalue weighted by Gasteiger charge is -2.18. The summed E-state index contributed by atoms with van der Waals surface area (Å²) in [6.07, 6.45) is -0.0273. The van der Waals surface area contributed by atoms with Crippen molar-refractivity contribution in [3.63, 3.8) is 0 Å². The van der Waals surface area contributed by atoms with Gasteiger partial charge in [-0.15, -0.1) is 0 Å². The Kier molecular flexibility index (Phi) is 6.44. The molecule has 28 heavy (non-hydrogen) atoms. The first-order chi connectivity index (χ1) is 13.3. The van der Waals surface area contributed by atoms with E-state index in [-0.39, 0.29) is 23.9 Å². The number of amides is 2. The van der Waals surface area contributed by atoms with Crippen LogP contribution in [0, 0.1) is 5.92 Å². The van der Waals surface area contributed by atoms with E-state index >= 15 is 0 Å². The number of hydrogen-bond acceptors (Lipinski definition) is 4. The minimum Gasteiger partial charge on any atom is -0.455 e. The summed E-state index contributed by atoms with van der Waals surface area (Å²) >= 11 is 17.9. The Bertz CT molecular complexity index is 918.